The first-order chi connectivity index (χ1) is 8.78. The topological polar surface area (TPSA) is 59.9 Å². The summed E-state index contributed by atoms with van der Waals surface area (Å²) in [5.74, 6) is 1.26. The third-order valence-electron chi connectivity index (χ3n) is 2.08. The fourth-order valence-electron chi connectivity index (χ4n) is 1.32. The molecule has 96 valence electrons. The van der Waals surface area contributed by atoms with Crippen molar-refractivity contribution in [2.75, 3.05) is 11.9 Å². The number of nitrogens with one attached hydrogen (secondary N) is 1. The Morgan fingerprint density at radius 2 is 2.33 bits per heavy atom. The number of rotatable bonds is 6. The second-order valence-corrected chi connectivity index (χ2v) is 4.78. The van der Waals surface area contributed by atoms with Gasteiger partial charge < -0.3 is 10.1 Å². The molecular weight excluding hydrogens is 272 g/mol. The lowest BCUT2D eigenvalue weighted by molar-refractivity contribution is 0.128. The van der Waals surface area contributed by atoms with Gasteiger partial charge in [-0.3, -0.25) is 0 Å². The van der Waals surface area contributed by atoms with Gasteiger partial charge in [-0.15, -0.1) is 11.3 Å². The van der Waals surface area contributed by atoms with Crippen LogP contribution in [0.2, 0.25) is 5.15 Å². The number of hydrogen-bond acceptors (Lipinski definition) is 6. The molecule has 0 amide bonds. The maximum absolute atomic E-state index is 5.93. The molecule has 1 N–H and O–H groups in total. The first-order valence-corrected chi connectivity index (χ1v) is 6.77. The van der Waals surface area contributed by atoms with Gasteiger partial charge in [0.15, 0.2) is 5.82 Å². The molecule has 0 saturated carbocycles. The molecular formula is C11H13ClN4OS. The van der Waals surface area contributed by atoms with Crippen molar-refractivity contribution < 1.29 is 4.74 Å². The zero-order valence-electron chi connectivity index (χ0n) is 9.89. The smallest absolute Gasteiger partial charge is 0.158 e. The van der Waals surface area contributed by atoms with Crippen LogP contribution in [-0.4, -0.2) is 21.6 Å². The van der Waals surface area contributed by atoms with Gasteiger partial charge in [-0.1, -0.05) is 11.6 Å². The van der Waals surface area contributed by atoms with Crippen molar-refractivity contribution in [3.63, 3.8) is 0 Å². The highest BCUT2D eigenvalue weighted by Crippen LogP contribution is 2.14. The maximum Gasteiger partial charge on any atom is 0.158 e. The lowest BCUT2D eigenvalue weighted by Gasteiger charge is -2.06. The summed E-state index contributed by atoms with van der Waals surface area (Å²) in [7, 11) is 0. The summed E-state index contributed by atoms with van der Waals surface area (Å²) in [6.45, 7) is 3.53. The van der Waals surface area contributed by atoms with Crippen molar-refractivity contribution in [2.24, 2.45) is 0 Å². The summed E-state index contributed by atoms with van der Waals surface area (Å²) in [6, 6.07) is 1.69. The van der Waals surface area contributed by atoms with Crippen LogP contribution in [0.4, 0.5) is 5.82 Å². The van der Waals surface area contributed by atoms with E-state index in [0.29, 0.717) is 36.6 Å². The molecule has 2 rings (SSSR count). The van der Waals surface area contributed by atoms with Crippen LogP contribution in [-0.2, 0) is 17.9 Å². The van der Waals surface area contributed by atoms with Crippen LogP contribution < -0.4 is 5.32 Å². The number of ether oxygens (including phenoxy) is 1. The van der Waals surface area contributed by atoms with E-state index in [0.717, 1.165) is 5.01 Å². The normalized spacial score (nSPS) is 10.6. The molecule has 18 heavy (non-hydrogen) atoms. The predicted octanol–water partition coefficient (Wildman–Crippen LogP) is 2.74. The van der Waals surface area contributed by atoms with E-state index in [1.807, 2.05) is 12.3 Å². The van der Waals surface area contributed by atoms with E-state index in [4.69, 9.17) is 16.3 Å². The zero-order chi connectivity index (χ0) is 12.8. The SMILES string of the molecule is CCOCc1nc(Cl)cc(NCc2nccs2)n1. The molecule has 5 nitrogen and oxygen atoms in total. The number of anilines is 1. The molecule has 0 fully saturated rings. The van der Waals surface area contributed by atoms with Crippen molar-refractivity contribution >= 4 is 28.8 Å². The Labute approximate surface area is 114 Å². The molecule has 0 unspecified atom stereocenters. The number of hydrogen-bond donors (Lipinski definition) is 1. The molecule has 0 aromatic carbocycles. The standard InChI is InChI=1S/C11H13ClN4OS/c1-2-17-7-10-15-8(12)5-9(16-10)14-6-11-13-3-4-18-11/h3-5H,2,6-7H2,1H3,(H,14,15,16). The van der Waals surface area contributed by atoms with Crippen LogP contribution in [0.15, 0.2) is 17.6 Å². The van der Waals surface area contributed by atoms with Crippen molar-refractivity contribution in [3.05, 3.63) is 33.6 Å². The lowest BCUT2D eigenvalue weighted by atomic mass is 10.5. The Hall–Kier alpha value is -1.24. The van der Waals surface area contributed by atoms with Gasteiger partial charge in [-0.25, -0.2) is 15.0 Å². The summed E-state index contributed by atoms with van der Waals surface area (Å²) in [4.78, 5) is 12.6. The van der Waals surface area contributed by atoms with Crippen LogP contribution >= 0.6 is 22.9 Å². The van der Waals surface area contributed by atoms with E-state index in [1.54, 1.807) is 23.6 Å². The van der Waals surface area contributed by atoms with Gasteiger partial charge in [0.2, 0.25) is 0 Å². The number of nitrogens with zero attached hydrogens (tertiary/aromatic N) is 3. The molecule has 2 aromatic heterocycles. The van der Waals surface area contributed by atoms with Gasteiger partial charge in [-0.05, 0) is 6.92 Å². The quantitative estimate of drug-likeness (QED) is 0.827. The van der Waals surface area contributed by atoms with Gasteiger partial charge in [0.25, 0.3) is 0 Å². The fourth-order valence-corrected chi connectivity index (χ4v) is 2.08. The molecule has 0 aliphatic rings. The van der Waals surface area contributed by atoms with Crippen molar-refractivity contribution in [1.82, 2.24) is 15.0 Å². The Bertz CT molecular complexity index is 492. The van der Waals surface area contributed by atoms with Crippen molar-refractivity contribution in [2.45, 2.75) is 20.1 Å². The Kier molecular flexibility index (Phi) is 4.86. The minimum Gasteiger partial charge on any atom is -0.374 e. The highest BCUT2D eigenvalue weighted by Gasteiger charge is 2.04. The molecule has 2 aromatic rings. The number of halogens is 1. The highest BCUT2D eigenvalue weighted by atomic mass is 35.5. The second kappa shape index (κ2) is 6.63. The maximum atomic E-state index is 5.93. The largest absolute Gasteiger partial charge is 0.374 e. The number of thiazole rings is 1. The summed E-state index contributed by atoms with van der Waals surface area (Å²) in [5.41, 5.74) is 0. The second-order valence-electron chi connectivity index (χ2n) is 3.41. The average Bonchev–Trinajstić information content (AvgIpc) is 2.86. The Morgan fingerprint density at radius 1 is 1.44 bits per heavy atom. The molecule has 0 aliphatic heterocycles. The average molecular weight is 285 g/mol. The zero-order valence-corrected chi connectivity index (χ0v) is 11.5. The molecule has 0 radical (unpaired) electrons. The molecule has 0 saturated heterocycles. The summed E-state index contributed by atoms with van der Waals surface area (Å²) in [6.07, 6.45) is 1.77. The third kappa shape index (κ3) is 3.90. The molecule has 0 bridgehead atoms. The van der Waals surface area contributed by atoms with E-state index in [9.17, 15) is 0 Å². The lowest BCUT2D eigenvalue weighted by Crippen LogP contribution is -2.05. The fraction of sp³-hybridized carbons (Fsp3) is 0.364. The minimum absolute atomic E-state index is 0.364. The molecule has 0 aliphatic carbocycles. The van der Waals surface area contributed by atoms with Crippen LogP contribution in [0.1, 0.15) is 17.8 Å². The third-order valence-corrected chi connectivity index (χ3v) is 3.05. The van der Waals surface area contributed by atoms with Gasteiger partial charge >= 0.3 is 0 Å². The first-order valence-electron chi connectivity index (χ1n) is 5.51. The summed E-state index contributed by atoms with van der Waals surface area (Å²) < 4.78 is 5.26. The Balaban J connectivity index is 2.00. The van der Waals surface area contributed by atoms with Crippen molar-refractivity contribution in [1.29, 1.82) is 0 Å². The van der Waals surface area contributed by atoms with Gasteiger partial charge in [0.05, 0.1) is 6.54 Å². The van der Waals surface area contributed by atoms with Gasteiger partial charge in [0.1, 0.15) is 22.6 Å². The van der Waals surface area contributed by atoms with E-state index < -0.39 is 0 Å². The van der Waals surface area contributed by atoms with Crippen molar-refractivity contribution in [3.8, 4) is 0 Å². The number of aromatic nitrogens is 3. The molecule has 0 atom stereocenters. The van der Waals surface area contributed by atoms with E-state index in [-0.39, 0.29) is 0 Å². The molecule has 0 spiro atoms. The van der Waals surface area contributed by atoms with E-state index in [1.165, 1.54) is 0 Å². The Morgan fingerprint density at radius 3 is 3.06 bits per heavy atom. The van der Waals surface area contributed by atoms with E-state index >= 15 is 0 Å². The minimum atomic E-state index is 0.364. The van der Waals surface area contributed by atoms with Crippen LogP contribution in [0.25, 0.3) is 0 Å². The van der Waals surface area contributed by atoms with Crippen LogP contribution in [0.3, 0.4) is 0 Å². The summed E-state index contributed by atoms with van der Waals surface area (Å²) in [5, 5.41) is 6.50. The molecule has 7 heteroatoms. The van der Waals surface area contributed by atoms with Crippen LogP contribution in [0.5, 0.6) is 0 Å². The highest BCUT2D eigenvalue weighted by molar-refractivity contribution is 7.09. The van der Waals surface area contributed by atoms with Gasteiger partial charge in [-0.2, -0.15) is 0 Å². The van der Waals surface area contributed by atoms with E-state index in [2.05, 4.69) is 20.3 Å². The molecule has 2 heterocycles. The first kappa shape index (κ1) is 13.2. The summed E-state index contributed by atoms with van der Waals surface area (Å²) >= 11 is 7.52. The predicted molar refractivity (Wildman–Crippen MR) is 71.8 cm³/mol. The monoisotopic (exact) mass is 284 g/mol. The van der Waals surface area contributed by atoms with Crippen LogP contribution in [0, 0.1) is 0 Å². The van der Waals surface area contributed by atoms with Gasteiger partial charge in [0, 0.05) is 24.3 Å².